The second kappa shape index (κ2) is 8.48. The fourth-order valence-corrected chi connectivity index (χ4v) is 9.46. The summed E-state index contributed by atoms with van der Waals surface area (Å²) in [6, 6.07) is 0. The average Bonchev–Trinajstić information content (AvgIpc) is 3.04. The molecular weight excluding hydrogens is 352 g/mol. The van der Waals surface area contributed by atoms with Gasteiger partial charge in [-0.3, -0.25) is 0 Å². The standard InChI is InChI=1S/C28H50O/c1-19(2)8-7-9-20(3)24-12-13-25-23-11-10-21-18-22(29-6)14-16-27(21,4)26(23)15-17-28(24,25)5/h19-26H,7-18H2,1-6H3/t20-,21+,22-,23+,24-,25+,26+,27+,28-/m1/s1. The van der Waals surface area contributed by atoms with Crippen molar-refractivity contribution in [1.82, 2.24) is 0 Å². The zero-order valence-corrected chi connectivity index (χ0v) is 20.5. The van der Waals surface area contributed by atoms with Crippen LogP contribution in [0.2, 0.25) is 0 Å². The molecule has 9 atom stereocenters. The van der Waals surface area contributed by atoms with Gasteiger partial charge in [0.1, 0.15) is 0 Å². The van der Waals surface area contributed by atoms with E-state index in [2.05, 4.69) is 34.6 Å². The lowest BCUT2D eigenvalue weighted by Gasteiger charge is -2.61. The third-order valence-corrected chi connectivity index (χ3v) is 11.2. The van der Waals surface area contributed by atoms with Crippen LogP contribution in [0, 0.1) is 52.3 Å². The van der Waals surface area contributed by atoms with Crippen LogP contribution in [0.4, 0.5) is 0 Å². The van der Waals surface area contributed by atoms with Gasteiger partial charge in [0, 0.05) is 7.11 Å². The molecule has 0 aromatic carbocycles. The maximum atomic E-state index is 5.79. The second-order valence-electron chi connectivity index (χ2n) is 12.8. The van der Waals surface area contributed by atoms with Gasteiger partial charge in [0.15, 0.2) is 0 Å². The van der Waals surface area contributed by atoms with Gasteiger partial charge in [-0.2, -0.15) is 0 Å². The van der Waals surface area contributed by atoms with Crippen molar-refractivity contribution in [2.75, 3.05) is 7.11 Å². The molecule has 0 unspecified atom stereocenters. The zero-order valence-electron chi connectivity index (χ0n) is 20.5. The molecule has 0 radical (unpaired) electrons. The lowest BCUT2D eigenvalue weighted by atomic mass is 9.44. The van der Waals surface area contributed by atoms with Crippen molar-refractivity contribution in [2.24, 2.45) is 52.3 Å². The Bertz CT molecular complexity index is 555. The summed E-state index contributed by atoms with van der Waals surface area (Å²) < 4.78 is 5.79. The van der Waals surface area contributed by atoms with Gasteiger partial charge in [-0.15, -0.1) is 0 Å². The maximum Gasteiger partial charge on any atom is 0.0574 e. The van der Waals surface area contributed by atoms with Gasteiger partial charge >= 0.3 is 0 Å². The molecule has 0 bridgehead atoms. The summed E-state index contributed by atoms with van der Waals surface area (Å²) in [5.41, 5.74) is 1.26. The van der Waals surface area contributed by atoms with Gasteiger partial charge in [-0.25, -0.2) is 0 Å². The van der Waals surface area contributed by atoms with Crippen molar-refractivity contribution in [3.8, 4) is 0 Å². The number of fused-ring (bicyclic) bond motifs is 5. The fourth-order valence-electron chi connectivity index (χ4n) is 9.46. The van der Waals surface area contributed by atoms with Crippen molar-refractivity contribution < 1.29 is 4.74 Å². The molecular formula is C28H50O. The third-order valence-electron chi connectivity index (χ3n) is 11.2. The highest BCUT2D eigenvalue weighted by molar-refractivity contribution is 5.09. The van der Waals surface area contributed by atoms with E-state index in [0.29, 0.717) is 16.9 Å². The quantitative estimate of drug-likeness (QED) is 0.436. The molecule has 4 fully saturated rings. The summed E-state index contributed by atoms with van der Waals surface area (Å²) in [7, 11) is 1.94. The molecule has 0 aromatic heterocycles. The Morgan fingerprint density at radius 3 is 2.28 bits per heavy atom. The predicted molar refractivity (Wildman–Crippen MR) is 124 cm³/mol. The first-order chi connectivity index (χ1) is 13.8. The number of ether oxygens (including phenoxy) is 1. The minimum atomic E-state index is 0.543. The molecule has 0 spiro atoms. The van der Waals surface area contributed by atoms with Crippen LogP contribution in [-0.4, -0.2) is 13.2 Å². The van der Waals surface area contributed by atoms with Crippen LogP contribution in [0.5, 0.6) is 0 Å². The van der Waals surface area contributed by atoms with E-state index in [9.17, 15) is 0 Å². The van der Waals surface area contributed by atoms with E-state index in [1.165, 1.54) is 77.0 Å². The topological polar surface area (TPSA) is 9.23 Å². The molecule has 0 aromatic rings. The zero-order chi connectivity index (χ0) is 20.8. The molecule has 0 saturated heterocycles. The number of hydrogen-bond acceptors (Lipinski definition) is 1. The van der Waals surface area contributed by atoms with Crippen LogP contribution in [0.3, 0.4) is 0 Å². The summed E-state index contributed by atoms with van der Waals surface area (Å²) in [6.45, 7) is 12.8. The maximum absolute atomic E-state index is 5.79. The molecule has 0 aliphatic heterocycles. The van der Waals surface area contributed by atoms with Crippen molar-refractivity contribution >= 4 is 0 Å². The Morgan fingerprint density at radius 2 is 1.55 bits per heavy atom. The van der Waals surface area contributed by atoms with E-state index >= 15 is 0 Å². The second-order valence-corrected chi connectivity index (χ2v) is 12.8. The minimum absolute atomic E-state index is 0.543. The van der Waals surface area contributed by atoms with E-state index in [1.807, 2.05) is 7.11 Å². The molecule has 168 valence electrons. The van der Waals surface area contributed by atoms with Gasteiger partial charge in [-0.1, -0.05) is 53.9 Å². The van der Waals surface area contributed by atoms with Crippen molar-refractivity contribution in [2.45, 2.75) is 118 Å². The van der Waals surface area contributed by atoms with Crippen LogP contribution in [-0.2, 0) is 4.74 Å². The minimum Gasteiger partial charge on any atom is -0.381 e. The number of methoxy groups -OCH3 is 1. The summed E-state index contributed by atoms with van der Waals surface area (Å²) in [6.07, 6.45) is 18.1. The monoisotopic (exact) mass is 402 g/mol. The van der Waals surface area contributed by atoms with Crippen molar-refractivity contribution in [1.29, 1.82) is 0 Å². The van der Waals surface area contributed by atoms with Gasteiger partial charge in [0.05, 0.1) is 6.10 Å². The Hall–Kier alpha value is -0.0400. The summed E-state index contributed by atoms with van der Waals surface area (Å²) in [4.78, 5) is 0. The normalized spacial score (nSPS) is 48.1. The number of rotatable bonds is 6. The largest absolute Gasteiger partial charge is 0.381 e. The van der Waals surface area contributed by atoms with E-state index in [1.54, 1.807) is 0 Å². The van der Waals surface area contributed by atoms with Gasteiger partial charge in [0.25, 0.3) is 0 Å². The van der Waals surface area contributed by atoms with E-state index in [4.69, 9.17) is 4.74 Å². The van der Waals surface area contributed by atoms with E-state index < -0.39 is 0 Å². The van der Waals surface area contributed by atoms with E-state index in [-0.39, 0.29) is 0 Å². The molecule has 0 N–H and O–H groups in total. The molecule has 1 nitrogen and oxygen atoms in total. The highest BCUT2D eigenvalue weighted by Crippen LogP contribution is 2.68. The first-order valence-corrected chi connectivity index (χ1v) is 13.3. The smallest absolute Gasteiger partial charge is 0.0574 e. The van der Waals surface area contributed by atoms with Crippen molar-refractivity contribution in [3.63, 3.8) is 0 Å². The lowest BCUT2D eigenvalue weighted by molar-refractivity contribution is -0.133. The Balaban J connectivity index is 1.45. The highest BCUT2D eigenvalue weighted by Gasteiger charge is 2.60. The summed E-state index contributed by atoms with van der Waals surface area (Å²) in [5.74, 6) is 6.79. The van der Waals surface area contributed by atoms with Crippen LogP contribution < -0.4 is 0 Å². The fraction of sp³-hybridized carbons (Fsp3) is 1.00. The molecule has 4 aliphatic carbocycles. The molecule has 0 heterocycles. The predicted octanol–water partition coefficient (Wildman–Crippen LogP) is 8.12. The van der Waals surface area contributed by atoms with Crippen molar-refractivity contribution in [3.05, 3.63) is 0 Å². The molecule has 4 aliphatic rings. The van der Waals surface area contributed by atoms with Gasteiger partial charge in [-0.05, 0) is 110 Å². The van der Waals surface area contributed by atoms with Gasteiger partial charge in [0.2, 0.25) is 0 Å². The first-order valence-electron chi connectivity index (χ1n) is 13.3. The molecule has 4 rings (SSSR count). The van der Waals surface area contributed by atoms with E-state index in [0.717, 1.165) is 41.4 Å². The first kappa shape index (κ1) is 22.2. The highest BCUT2D eigenvalue weighted by atomic mass is 16.5. The SMILES string of the molecule is CO[C@@H]1CC[C@@]2(C)[C@@H](CC[C@@H]3[C@@H]2CC[C@]2(C)[C@@H]([C@H](C)CCCC(C)C)CC[C@@H]32)C1. The number of hydrogen-bond donors (Lipinski definition) is 0. The van der Waals surface area contributed by atoms with Gasteiger partial charge < -0.3 is 4.74 Å². The Kier molecular flexibility index (Phi) is 6.48. The summed E-state index contributed by atoms with van der Waals surface area (Å²) in [5, 5.41) is 0. The Morgan fingerprint density at radius 1 is 0.828 bits per heavy atom. The van der Waals surface area contributed by atoms with Crippen LogP contribution >= 0.6 is 0 Å². The summed E-state index contributed by atoms with van der Waals surface area (Å²) >= 11 is 0. The molecule has 0 amide bonds. The Labute approximate surface area is 182 Å². The molecule has 4 saturated carbocycles. The third kappa shape index (κ3) is 3.85. The molecule has 1 heteroatoms. The average molecular weight is 403 g/mol. The lowest BCUT2D eigenvalue weighted by Crippen LogP contribution is -2.54. The molecule has 29 heavy (non-hydrogen) atoms. The van der Waals surface area contributed by atoms with Crippen LogP contribution in [0.1, 0.15) is 112 Å². The van der Waals surface area contributed by atoms with Crippen LogP contribution in [0.25, 0.3) is 0 Å². The van der Waals surface area contributed by atoms with Crippen LogP contribution in [0.15, 0.2) is 0 Å².